The molecule has 0 aliphatic heterocycles. The Morgan fingerprint density at radius 3 is 2.83 bits per heavy atom. The summed E-state index contributed by atoms with van der Waals surface area (Å²) in [5, 5.41) is 15.3. The molecule has 4 rings (SSSR count). The van der Waals surface area contributed by atoms with Crippen molar-refractivity contribution in [3.8, 4) is 5.75 Å². The van der Waals surface area contributed by atoms with Crippen LogP contribution in [0.2, 0.25) is 0 Å². The van der Waals surface area contributed by atoms with E-state index in [9.17, 15) is 13.5 Å². The van der Waals surface area contributed by atoms with Gasteiger partial charge in [0.15, 0.2) is 0 Å². The normalized spacial score (nSPS) is 34.8. The van der Waals surface area contributed by atoms with Crippen LogP contribution in [-0.2, 0) is 16.7 Å². The maximum atomic E-state index is 11.1. The van der Waals surface area contributed by atoms with E-state index in [1.54, 1.807) is 12.1 Å². The molecule has 4 atom stereocenters. The van der Waals surface area contributed by atoms with E-state index in [0.717, 1.165) is 37.7 Å². The summed E-state index contributed by atoms with van der Waals surface area (Å²) in [6.45, 7) is 2.22. The van der Waals surface area contributed by atoms with E-state index in [-0.39, 0.29) is 17.3 Å². The number of aryl methyl sites for hydroxylation is 1. The molecule has 3 aliphatic rings. The first-order chi connectivity index (χ1) is 11.3. The summed E-state index contributed by atoms with van der Waals surface area (Å²) in [5.41, 5.74) is 3.66. The Balaban J connectivity index is 1.70. The third kappa shape index (κ3) is 2.48. The van der Waals surface area contributed by atoms with Gasteiger partial charge in [-0.3, -0.25) is 0 Å². The summed E-state index contributed by atoms with van der Waals surface area (Å²) in [6, 6.07) is 5.40. The molecule has 24 heavy (non-hydrogen) atoms. The van der Waals surface area contributed by atoms with Gasteiger partial charge in [-0.1, -0.05) is 19.1 Å². The number of hydrogen-bond donors (Lipinski definition) is 2. The summed E-state index contributed by atoms with van der Waals surface area (Å²) in [7, 11) is -4.00. The minimum atomic E-state index is -4.00. The fourth-order valence-corrected chi connectivity index (χ4v) is 5.48. The van der Waals surface area contributed by atoms with Gasteiger partial charge in [0.25, 0.3) is 0 Å². The maximum Gasteiger partial charge on any atom is 0.380 e. The van der Waals surface area contributed by atoms with Crippen LogP contribution >= 0.6 is 0 Å². The van der Waals surface area contributed by atoms with Crippen LogP contribution in [0.4, 0.5) is 0 Å². The summed E-state index contributed by atoms with van der Waals surface area (Å²) < 4.78 is 27.0. The molecule has 3 aliphatic carbocycles. The van der Waals surface area contributed by atoms with Crippen LogP contribution in [0.15, 0.2) is 24.3 Å². The van der Waals surface area contributed by atoms with Gasteiger partial charge in [0.1, 0.15) is 5.75 Å². The summed E-state index contributed by atoms with van der Waals surface area (Å²) in [6.07, 6.45) is 6.89. The molecule has 6 heteroatoms. The molecule has 1 fully saturated rings. The van der Waals surface area contributed by atoms with E-state index < -0.39 is 10.3 Å². The second-order valence-corrected chi connectivity index (χ2v) is 8.76. The topological polar surface area (TPSA) is 89.6 Å². The van der Waals surface area contributed by atoms with Crippen molar-refractivity contribution < 1.29 is 17.7 Å². The summed E-state index contributed by atoms with van der Waals surface area (Å²) >= 11 is 0. The van der Waals surface area contributed by atoms with Crippen LogP contribution in [0.1, 0.15) is 43.7 Å². The number of rotatable bonds is 2. The number of allylic oxidation sites excluding steroid dienone is 2. The highest BCUT2D eigenvalue weighted by Gasteiger charge is 2.51. The van der Waals surface area contributed by atoms with Crippen molar-refractivity contribution in [3.63, 3.8) is 0 Å². The van der Waals surface area contributed by atoms with E-state index in [1.165, 1.54) is 11.1 Å². The fourth-order valence-electron chi connectivity index (χ4n) is 5.11. The van der Waals surface area contributed by atoms with Crippen molar-refractivity contribution in [3.05, 3.63) is 35.4 Å². The zero-order valence-electron chi connectivity index (χ0n) is 13.7. The maximum absolute atomic E-state index is 11.1. The quantitative estimate of drug-likeness (QED) is 0.858. The molecule has 0 aromatic heterocycles. The van der Waals surface area contributed by atoms with Crippen LogP contribution in [0.25, 0.3) is 5.57 Å². The monoisotopic (exact) mass is 349 g/mol. The van der Waals surface area contributed by atoms with Gasteiger partial charge in [0.2, 0.25) is 0 Å². The van der Waals surface area contributed by atoms with Crippen molar-refractivity contribution in [1.29, 1.82) is 0 Å². The van der Waals surface area contributed by atoms with Gasteiger partial charge in [-0.2, -0.15) is 13.6 Å². The number of hydrogen-bond acceptors (Lipinski definition) is 4. The van der Waals surface area contributed by atoms with Crippen molar-refractivity contribution in [1.82, 2.24) is 0 Å². The van der Waals surface area contributed by atoms with Crippen LogP contribution in [-0.4, -0.2) is 19.6 Å². The Bertz CT molecular complexity index is 816. The molecule has 0 amide bonds. The van der Waals surface area contributed by atoms with Gasteiger partial charge in [-0.15, -0.1) is 0 Å². The zero-order chi connectivity index (χ0) is 17.1. The smallest absolute Gasteiger partial charge is 0.380 e. The lowest BCUT2D eigenvalue weighted by Gasteiger charge is -2.45. The van der Waals surface area contributed by atoms with Gasteiger partial charge < -0.3 is 9.29 Å². The third-order valence-corrected chi connectivity index (χ3v) is 6.76. The molecule has 1 aromatic rings. The van der Waals surface area contributed by atoms with Gasteiger partial charge in [-0.25, -0.2) is 0 Å². The molecule has 3 N–H and O–H groups in total. The summed E-state index contributed by atoms with van der Waals surface area (Å²) in [5.74, 6) is 1.28. The van der Waals surface area contributed by atoms with E-state index >= 15 is 0 Å². The number of fused-ring (bicyclic) bond motifs is 5. The molecular weight excluding hydrogens is 326 g/mol. The molecule has 0 unspecified atom stereocenters. The highest BCUT2D eigenvalue weighted by Crippen LogP contribution is 2.58. The van der Waals surface area contributed by atoms with Gasteiger partial charge in [0.05, 0.1) is 6.10 Å². The second-order valence-electron chi connectivity index (χ2n) is 7.61. The highest BCUT2D eigenvalue weighted by molar-refractivity contribution is 7.84. The van der Waals surface area contributed by atoms with E-state index in [0.29, 0.717) is 11.8 Å². The molecule has 1 saturated carbocycles. The fraction of sp³-hybridized carbons (Fsp3) is 0.556. The van der Waals surface area contributed by atoms with Crippen molar-refractivity contribution >= 4 is 15.9 Å². The first kappa shape index (κ1) is 16.1. The van der Waals surface area contributed by atoms with Crippen LogP contribution < -0.4 is 9.32 Å². The molecule has 0 radical (unpaired) electrons. The zero-order valence-corrected chi connectivity index (χ0v) is 14.6. The SMILES string of the molecule is C[C@]12CC=C3c4ccc(OS(N)(=O)=O)cc4CC[C@H]3[C@@H]1CC[C@@H]2O. The molecular formula is C18H23NO4S. The molecule has 0 heterocycles. The van der Waals surface area contributed by atoms with Crippen molar-refractivity contribution in [2.75, 3.05) is 0 Å². The predicted octanol–water partition coefficient (Wildman–Crippen LogP) is 2.40. The van der Waals surface area contributed by atoms with E-state index in [4.69, 9.17) is 9.32 Å². The Hall–Kier alpha value is -1.37. The Kier molecular flexibility index (Phi) is 3.57. The molecule has 5 nitrogen and oxygen atoms in total. The van der Waals surface area contributed by atoms with Gasteiger partial charge in [-0.05, 0) is 72.8 Å². The molecule has 130 valence electrons. The lowest BCUT2D eigenvalue weighted by atomic mass is 9.60. The van der Waals surface area contributed by atoms with Crippen LogP contribution in [0, 0.1) is 17.3 Å². The van der Waals surface area contributed by atoms with Crippen LogP contribution in [0.3, 0.4) is 0 Å². The first-order valence-electron chi connectivity index (χ1n) is 8.51. The number of nitrogens with two attached hydrogens (primary N) is 1. The lowest BCUT2D eigenvalue weighted by Crippen LogP contribution is -2.40. The van der Waals surface area contributed by atoms with Crippen molar-refractivity contribution in [2.24, 2.45) is 22.4 Å². The Morgan fingerprint density at radius 1 is 1.29 bits per heavy atom. The Morgan fingerprint density at radius 2 is 2.08 bits per heavy atom. The molecule has 0 bridgehead atoms. The number of aliphatic hydroxyl groups excluding tert-OH is 1. The van der Waals surface area contributed by atoms with Crippen molar-refractivity contribution in [2.45, 2.75) is 45.1 Å². The van der Waals surface area contributed by atoms with Crippen LogP contribution in [0.5, 0.6) is 5.75 Å². The predicted molar refractivity (Wildman–Crippen MR) is 91.4 cm³/mol. The first-order valence-corrected chi connectivity index (χ1v) is 9.99. The third-order valence-electron chi connectivity index (χ3n) is 6.33. The molecule has 0 saturated heterocycles. The molecule has 1 aromatic carbocycles. The number of aliphatic hydroxyl groups is 1. The van der Waals surface area contributed by atoms with E-state index in [2.05, 4.69) is 13.0 Å². The molecule has 0 spiro atoms. The Labute approximate surface area is 142 Å². The number of benzene rings is 1. The minimum absolute atomic E-state index is 0.00233. The minimum Gasteiger partial charge on any atom is -0.393 e. The average molecular weight is 349 g/mol. The highest BCUT2D eigenvalue weighted by atomic mass is 32.2. The van der Waals surface area contributed by atoms with Gasteiger partial charge in [0, 0.05) is 5.41 Å². The second kappa shape index (κ2) is 5.31. The van der Waals surface area contributed by atoms with E-state index in [1.807, 2.05) is 6.07 Å². The average Bonchev–Trinajstić information content (AvgIpc) is 2.81. The summed E-state index contributed by atoms with van der Waals surface area (Å²) in [4.78, 5) is 0. The standard InChI is InChI=1S/C18H23NO4S/c1-18-9-8-14-13-5-3-12(23-24(19,21)22)10-11(13)2-4-15(14)16(18)6-7-17(18)20/h3,5,8,10,15-17,20H,2,4,6-7,9H2,1H3,(H2,19,21,22)/t15-,16+,17+,18+/m1/s1. The lowest BCUT2D eigenvalue weighted by molar-refractivity contribution is 0.0251. The largest absolute Gasteiger partial charge is 0.393 e. The van der Waals surface area contributed by atoms with Gasteiger partial charge >= 0.3 is 10.3 Å².